The number of halogens is 3. The maximum absolute atomic E-state index is 12.4. The largest absolute Gasteiger partial charge is 0.411 e. The summed E-state index contributed by atoms with van der Waals surface area (Å²) in [6.07, 6.45) is -1.00. The molecule has 0 aromatic carbocycles. The van der Waals surface area contributed by atoms with Crippen molar-refractivity contribution in [2.24, 2.45) is 5.92 Å². The molecule has 0 unspecified atom stereocenters. The number of hydrogen-bond donors (Lipinski definition) is 2. The van der Waals surface area contributed by atoms with Crippen LogP contribution in [-0.4, -0.2) is 58.1 Å². The number of anilines is 3. The van der Waals surface area contributed by atoms with Crippen LogP contribution >= 0.6 is 0 Å². The molecule has 0 spiro atoms. The Hall–Kier alpha value is -2.89. The minimum absolute atomic E-state index is 0.0796. The molecule has 0 radical (unpaired) electrons. The van der Waals surface area contributed by atoms with Gasteiger partial charge in [-0.3, -0.25) is 9.48 Å². The van der Waals surface area contributed by atoms with E-state index in [-0.39, 0.29) is 31.0 Å². The highest BCUT2D eigenvalue weighted by Crippen LogP contribution is 2.34. The minimum atomic E-state index is -4.34. The number of rotatable bonds is 8. The summed E-state index contributed by atoms with van der Waals surface area (Å²) in [5.41, 5.74) is 2.06. The van der Waals surface area contributed by atoms with Crippen LogP contribution < -0.4 is 15.5 Å². The van der Waals surface area contributed by atoms with Gasteiger partial charge in [0, 0.05) is 25.4 Å². The van der Waals surface area contributed by atoms with Crippen LogP contribution in [0, 0.1) is 12.8 Å². The van der Waals surface area contributed by atoms with Gasteiger partial charge >= 0.3 is 6.18 Å². The molecule has 2 N–H and O–H groups in total. The van der Waals surface area contributed by atoms with E-state index in [0.29, 0.717) is 29.7 Å². The van der Waals surface area contributed by atoms with Crippen molar-refractivity contribution in [3.63, 3.8) is 0 Å². The highest BCUT2D eigenvalue weighted by atomic mass is 19.4. The third-order valence-corrected chi connectivity index (χ3v) is 4.84. The molecule has 170 valence electrons. The molecule has 1 atom stereocenters. The van der Waals surface area contributed by atoms with Gasteiger partial charge in [0.15, 0.2) is 5.82 Å². The lowest BCUT2D eigenvalue weighted by Gasteiger charge is -2.36. The fraction of sp³-hybridized carbons (Fsp3) is 0.579. The van der Waals surface area contributed by atoms with Crippen LogP contribution in [0.2, 0.25) is 0 Å². The number of carbonyl (C=O) groups is 1. The smallest absolute Gasteiger partial charge is 0.370 e. The lowest BCUT2D eigenvalue weighted by atomic mass is 9.99. The summed E-state index contributed by atoms with van der Waals surface area (Å²) >= 11 is 0. The first-order valence-corrected chi connectivity index (χ1v) is 9.87. The topological polar surface area (TPSA) is 97.2 Å². The maximum Gasteiger partial charge on any atom is 0.411 e. The van der Waals surface area contributed by atoms with E-state index in [2.05, 4.69) is 30.4 Å². The maximum atomic E-state index is 12.4. The monoisotopic (exact) mass is 441 g/mol. The van der Waals surface area contributed by atoms with Gasteiger partial charge in [0.1, 0.15) is 18.3 Å². The zero-order valence-electron chi connectivity index (χ0n) is 17.8. The summed E-state index contributed by atoms with van der Waals surface area (Å²) in [6.45, 7) is 4.99. The van der Waals surface area contributed by atoms with Crippen LogP contribution in [0.15, 0.2) is 12.4 Å². The van der Waals surface area contributed by atoms with Gasteiger partial charge in [0.05, 0.1) is 25.0 Å². The number of likely N-dealkylation sites (N-methyl/N-ethyl adjacent to an activating group) is 1. The van der Waals surface area contributed by atoms with Crippen molar-refractivity contribution in [1.29, 1.82) is 0 Å². The van der Waals surface area contributed by atoms with Crippen LogP contribution in [-0.2, 0) is 22.6 Å². The average Bonchev–Trinajstić information content (AvgIpc) is 3.11. The summed E-state index contributed by atoms with van der Waals surface area (Å²) in [6, 6.07) is -0.326. The number of ether oxygens (including phenoxy) is 1. The summed E-state index contributed by atoms with van der Waals surface area (Å²) in [5.74, 6) is 1.08. The molecule has 1 aliphatic rings. The van der Waals surface area contributed by atoms with Crippen molar-refractivity contribution in [2.45, 2.75) is 46.1 Å². The summed E-state index contributed by atoms with van der Waals surface area (Å²) in [5, 5.41) is 10.2. The van der Waals surface area contributed by atoms with E-state index in [0.717, 1.165) is 5.56 Å². The van der Waals surface area contributed by atoms with E-state index in [1.165, 1.54) is 4.68 Å². The van der Waals surface area contributed by atoms with Crippen molar-refractivity contribution >= 4 is 23.4 Å². The lowest BCUT2D eigenvalue weighted by molar-refractivity contribution is -0.174. The van der Waals surface area contributed by atoms with Crippen molar-refractivity contribution in [3.05, 3.63) is 23.7 Å². The van der Waals surface area contributed by atoms with Crippen molar-refractivity contribution in [2.75, 3.05) is 35.8 Å². The van der Waals surface area contributed by atoms with Crippen LogP contribution in [0.3, 0.4) is 0 Å². The first-order valence-electron chi connectivity index (χ1n) is 9.87. The van der Waals surface area contributed by atoms with Gasteiger partial charge in [-0.25, -0.2) is 4.98 Å². The van der Waals surface area contributed by atoms with E-state index < -0.39 is 12.8 Å². The number of nitrogens with one attached hydrogen (secondary N) is 2. The molecule has 0 bridgehead atoms. The van der Waals surface area contributed by atoms with E-state index in [1.54, 1.807) is 19.3 Å². The first-order chi connectivity index (χ1) is 14.5. The van der Waals surface area contributed by atoms with E-state index in [4.69, 9.17) is 0 Å². The SMILES string of the molecule is Cc1nc(NCc2cnn(CCOCC(F)(F)F)c2)nc2c1NC(=O)[C@H](C(C)C)N2C. The Labute approximate surface area is 178 Å². The minimum Gasteiger partial charge on any atom is -0.370 e. The zero-order valence-corrected chi connectivity index (χ0v) is 17.8. The molecule has 3 rings (SSSR count). The molecule has 31 heavy (non-hydrogen) atoms. The Balaban J connectivity index is 1.61. The Morgan fingerprint density at radius 1 is 1.32 bits per heavy atom. The Kier molecular flexibility index (Phi) is 6.68. The normalized spacial score (nSPS) is 16.5. The second kappa shape index (κ2) is 9.08. The Bertz CT molecular complexity index is 930. The van der Waals surface area contributed by atoms with Gasteiger partial charge in [-0.05, 0) is 12.8 Å². The predicted molar refractivity (Wildman–Crippen MR) is 109 cm³/mol. The Morgan fingerprint density at radius 3 is 2.74 bits per heavy atom. The number of hydrogen-bond acceptors (Lipinski definition) is 7. The van der Waals surface area contributed by atoms with Gasteiger partial charge in [-0.2, -0.15) is 23.3 Å². The fourth-order valence-electron chi connectivity index (χ4n) is 3.44. The molecule has 2 aromatic rings. The number of amides is 1. The van der Waals surface area contributed by atoms with E-state index in [1.807, 2.05) is 25.8 Å². The molecule has 9 nitrogen and oxygen atoms in total. The predicted octanol–water partition coefficient (Wildman–Crippen LogP) is 2.59. The van der Waals surface area contributed by atoms with Gasteiger partial charge in [-0.15, -0.1) is 0 Å². The molecule has 0 fully saturated rings. The second-order valence-electron chi connectivity index (χ2n) is 7.75. The molecule has 0 aliphatic carbocycles. The quantitative estimate of drug-likeness (QED) is 0.608. The number of carbonyl (C=O) groups excluding carboxylic acids is 1. The third kappa shape index (κ3) is 5.63. The molecule has 1 amide bonds. The van der Waals surface area contributed by atoms with Gasteiger partial charge in [-0.1, -0.05) is 13.8 Å². The van der Waals surface area contributed by atoms with E-state index >= 15 is 0 Å². The van der Waals surface area contributed by atoms with Gasteiger partial charge in [0.2, 0.25) is 11.9 Å². The van der Waals surface area contributed by atoms with Gasteiger partial charge in [0.25, 0.3) is 0 Å². The van der Waals surface area contributed by atoms with E-state index in [9.17, 15) is 18.0 Å². The Morgan fingerprint density at radius 2 is 2.06 bits per heavy atom. The highest BCUT2D eigenvalue weighted by molar-refractivity contribution is 6.03. The van der Waals surface area contributed by atoms with Crippen molar-refractivity contribution in [1.82, 2.24) is 19.7 Å². The second-order valence-corrected chi connectivity index (χ2v) is 7.75. The van der Waals surface area contributed by atoms with Crippen LogP contribution in [0.4, 0.5) is 30.6 Å². The molecule has 12 heteroatoms. The highest BCUT2D eigenvalue weighted by Gasteiger charge is 2.35. The van der Waals surface area contributed by atoms with Gasteiger partial charge < -0.3 is 20.3 Å². The first kappa shape index (κ1) is 22.8. The summed E-state index contributed by atoms with van der Waals surface area (Å²) < 4.78 is 42.4. The molecule has 0 saturated carbocycles. The standard InChI is InChI=1S/C19H26F3N7O2/c1-11(2)15-17(30)26-14-12(3)25-18(27-16(14)28(15)4)23-7-13-8-24-29(9-13)5-6-31-10-19(20,21)22/h8-9,11,15H,5-7,10H2,1-4H3,(H,26,30)(H,23,25,27)/t15-/m0/s1. The number of alkyl halides is 3. The van der Waals surface area contributed by atoms with Crippen LogP contribution in [0.25, 0.3) is 0 Å². The van der Waals surface area contributed by atoms with Crippen molar-refractivity contribution in [3.8, 4) is 0 Å². The van der Waals surface area contributed by atoms with Crippen LogP contribution in [0.1, 0.15) is 25.1 Å². The fourth-order valence-corrected chi connectivity index (χ4v) is 3.44. The number of nitrogens with zero attached hydrogens (tertiary/aromatic N) is 5. The number of fused-ring (bicyclic) bond motifs is 1. The molecule has 2 aromatic heterocycles. The summed E-state index contributed by atoms with van der Waals surface area (Å²) in [7, 11) is 1.84. The third-order valence-electron chi connectivity index (χ3n) is 4.84. The molecular formula is C19H26F3N7O2. The molecule has 0 saturated heterocycles. The number of aromatic nitrogens is 4. The molecular weight excluding hydrogens is 415 g/mol. The van der Waals surface area contributed by atoms with Crippen molar-refractivity contribution < 1.29 is 22.7 Å². The lowest BCUT2D eigenvalue weighted by Crippen LogP contribution is -2.49. The zero-order chi connectivity index (χ0) is 22.8. The molecule has 3 heterocycles. The number of aryl methyl sites for hydroxylation is 1. The average molecular weight is 441 g/mol. The van der Waals surface area contributed by atoms with Crippen LogP contribution in [0.5, 0.6) is 0 Å². The summed E-state index contributed by atoms with van der Waals surface area (Å²) in [4.78, 5) is 23.2. The molecule has 1 aliphatic heterocycles.